The van der Waals surface area contributed by atoms with Gasteiger partial charge in [0.05, 0.1) is 11.1 Å². The second kappa shape index (κ2) is 15.9. The van der Waals surface area contributed by atoms with E-state index in [1.165, 1.54) is 94.2 Å². The van der Waals surface area contributed by atoms with Crippen LogP contribution in [0.4, 0.5) is 17.1 Å². The van der Waals surface area contributed by atoms with E-state index >= 15 is 0 Å². The van der Waals surface area contributed by atoms with Gasteiger partial charge in [-0.05, 0) is 131 Å². The molecule has 0 saturated carbocycles. The molecule has 1 nitrogen and oxygen atoms in total. The van der Waals surface area contributed by atoms with Crippen molar-refractivity contribution in [2.75, 3.05) is 4.90 Å². The summed E-state index contributed by atoms with van der Waals surface area (Å²) in [7, 11) is 0. The largest absolute Gasteiger partial charge is 0.310 e. The number of hydrogen-bond donors (Lipinski definition) is 0. The molecule has 0 fully saturated rings. The van der Waals surface area contributed by atoms with Crippen molar-refractivity contribution in [3.05, 3.63) is 306 Å². The topological polar surface area (TPSA) is 3.24 Å². The van der Waals surface area contributed by atoms with Gasteiger partial charge in [-0.1, -0.05) is 224 Å². The van der Waals surface area contributed by atoms with E-state index in [0.717, 1.165) is 17.1 Å². The molecule has 1 unspecified atom stereocenters. The number of hydrogen-bond acceptors (Lipinski definition) is 1. The van der Waals surface area contributed by atoms with Gasteiger partial charge in [-0.25, -0.2) is 0 Å². The average Bonchev–Trinajstić information content (AvgIpc) is 3.90. The fraction of sp³-hybridized carbons (Fsp3) is 0.0303. The average molecular weight is 852 g/mol. The lowest BCUT2D eigenvalue weighted by molar-refractivity contribution is 0.767. The first-order chi connectivity index (χ1) is 33.3. The minimum atomic E-state index is -0.438. The third kappa shape index (κ3) is 6.16. The summed E-state index contributed by atoms with van der Waals surface area (Å²) in [5, 5.41) is 2.58. The van der Waals surface area contributed by atoms with Crippen LogP contribution >= 0.6 is 0 Å². The molecule has 314 valence electrons. The lowest BCUT2D eigenvalue weighted by Gasteiger charge is -2.34. The van der Waals surface area contributed by atoms with Gasteiger partial charge in [0.2, 0.25) is 0 Å². The Labute approximate surface area is 392 Å². The summed E-state index contributed by atoms with van der Waals surface area (Å²) in [6, 6.07) is 98.7. The molecular weight excluding hydrogens is 807 g/mol. The van der Waals surface area contributed by atoms with E-state index in [1.54, 1.807) is 0 Å². The number of nitrogens with zero attached hydrogens (tertiary/aromatic N) is 1. The molecule has 1 atom stereocenters. The zero-order valence-corrected chi connectivity index (χ0v) is 36.9. The van der Waals surface area contributed by atoms with E-state index in [2.05, 4.69) is 272 Å². The molecule has 0 bridgehead atoms. The fourth-order valence-electron chi connectivity index (χ4n) is 11.6. The van der Waals surface area contributed by atoms with E-state index in [-0.39, 0.29) is 5.92 Å². The van der Waals surface area contributed by atoms with Crippen molar-refractivity contribution in [1.82, 2.24) is 0 Å². The first-order valence-electron chi connectivity index (χ1n) is 23.4. The van der Waals surface area contributed by atoms with Crippen LogP contribution in [0.15, 0.2) is 267 Å². The van der Waals surface area contributed by atoms with Gasteiger partial charge in [0.25, 0.3) is 0 Å². The van der Waals surface area contributed by atoms with Crippen molar-refractivity contribution in [3.63, 3.8) is 0 Å². The quantitative estimate of drug-likeness (QED) is 0.147. The second-order valence-corrected chi connectivity index (χ2v) is 17.9. The normalized spacial score (nSPS) is 13.9. The lowest BCUT2D eigenvalue weighted by Crippen LogP contribution is -2.28. The Bertz CT molecular complexity index is 3530. The standard InChI is InChI=1S/C66H45N/c1-5-20-50(21-6-1)66(51-22-7-2-8-23-51)61-31-17-15-30-57(61)59-44-49(39-42-62(59)66)64-60-43-48(38-40-56(60)58-41-37-46-19-13-14-29-55(46)65(58)64)45-33-35-47(36-34-45)54-28-16-18-32-63(54)67(52-24-9-3-10-25-52)53-26-11-4-12-27-53/h1-44,64H. The number of para-hydroxylation sites is 3. The molecule has 0 heterocycles. The molecule has 0 N–H and O–H groups in total. The van der Waals surface area contributed by atoms with Crippen LogP contribution in [0.1, 0.15) is 44.9 Å². The van der Waals surface area contributed by atoms with E-state index in [1.807, 2.05) is 0 Å². The molecule has 2 aliphatic rings. The zero-order chi connectivity index (χ0) is 44.3. The van der Waals surface area contributed by atoms with Gasteiger partial charge in [-0.2, -0.15) is 0 Å². The molecule has 11 aromatic carbocycles. The third-order valence-corrected chi connectivity index (χ3v) is 14.4. The van der Waals surface area contributed by atoms with Gasteiger partial charge >= 0.3 is 0 Å². The second-order valence-electron chi connectivity index (χ2n) is 17.9. The number of anilines is 3. The highest BCUT2D eigenvalue weighted by Crippen LogP contribution is 2.58. The number of rotatable bonds is 8. The summed E-state index contributed by atoms with van der Waals surface area (Å²) in [5.41, 5.74) is 22.2. The minimum Gasteiger partial charge on any atom is -0.310 e. The van der Waals surface area contributed by atoms with E-state index < -0.39 is 5.41 Å². The smallest absolute Gasteiger partial charge is 0.0713 e. The Balaban J connectivity index is 0.944. The molecule has 0 aliphatic heterocycles. The molecule has 0 spiro atoms. The highest BCUT2D eigenvalue weighted by Gasteiger charge is 2.46. The first kappa shape index (κ1) is 38.9. The van der Waals surface area contributed by atoms with E-state index in [4.69, 9.17) is 0 Å². The van der Waals surface area contributed by atoms with Crippen LogP contribution in [0, 0.1) is 0 Å². The van der Waals surface area contributed by atoms with Crippen LogP contribution < -0.4 is 4.90 Å². The van der Waals surface area contributed by atoms with Gasteiger partial charge in [0, 0.05) is 22.9 Å². The van der Waals surface area contributed by atoms with Gasteiger partial charge in [0.15, 0.2) is 0 Å². The summed E-state index contributed by atoms with van der Waals surface area (Å²) in [4.78, 5) is 2.35. The number of fused-ring (bicyclic) bond motifs is 8. The Morgan fingerprint density at radius 2 is 0.866 bits per heavy atom. The summed E-state index contributed by atoms with van der Waals surface area (Å²) in [6.07, 6.45) is 0. The van der Waals surface area contributed by atoms with Crippen molar-refractivity contribution in [2.24, 2.45) is 0 Å². The highest BCUT2D eigenvalue weighted by atomic mass is 15.1. The van der Waals surface area contributed by atoms with Gasteiger partial charge < -0.3 is 4.90 Å². The van der Waals surface area contributed by atoms with Crippen LogP contribution in [0.5, 0.6) is 0 Å². The Kier molecular flexibility index (Phi) is 9.21. The zero-order valence-electron chi connectivity index (χ0n) is 36.9. The summed E-state index contributed by atoms with van der Waals surface area (Å²) in [6.45, 7) is 0. The van der Waals surface area contributed by atoms with Crippen molar-refractivity contribution in [2.45, 2.75) is 11.3 Å². The third-order valence-electron chi connectivity index (χ3n) is 14.4. The molecule has 2 aliphatic carbocycles. The molecule has 0 amide bonds. The highest BCUT2D eigenvalue weighted by molar-refractivity contribution is 5.98. The molecule has 11 aromatic rings. The molecule has 0 radical (unpaired) electrons. The van der Waals surface area contributed by atoms with Crippen LogP contribution in [0.2, 0.25) is 0 Å². The molecule has 0 aromatic heterocycles. The van der Waals surface area contributed by atoms with Gasteiger partial charge in [-0.3, -0.25) is 0 Å². The molecule has 67 heavy (non-hydrogen) atoms. The summed E-state index contributed by atoms with van der Waals surface area (Å²) < 4.78 is 0. The molecule has 0 saturated heterocycles. The van der Waals surface area contributed by atoms with Gasteiger partial charge in [-0.15, -0.1) is 0 Å². The van der Waals surface area contributed by atoms with Crippen LogP contribution in [-0.4, -0.2) is 0 Å². The van der Waals surface area contributed by atoms with Crippen LogP contribution in [0.25, 0.3) is 55.3 Å². The molecule has 1 heteroatoms. The predicted molar refractivity (Wildman–Crippen MR) is 280 cm³/mol. The van der Waals surface area contributed by atoms with Crippen molar-refractivity contribution < 1.29 is 0 Å². The van der Waals surface area contributed by atoms with Gasteiger partial charge in [0.1, 0.15) is 0 Å². The van der Waals surface area contributed by atoms with Crippen LogP contribution in [0.3, 0.4) is 0 Å². The minimum absolute atomic E-state index is 0.0464. The maximum atomic E-state index is 2.53. The molecule has 13 rings (SSSR count). The summed E-state index contributed by atoms with van der Waals surface area (Å²) in [5.74, 6) is 0.0464. The lowest BCUT2D eigenvalue weighted by atomic mass is 9.67. The van der Waals surface area contributed by atoms with E-state index in [9.17, 15) is 0 Å². The first-order valence-corrected chi connectivity index (χ1v) is 23.4. The Hall–Kier alpha value is -8.52. The SMILES string of the molecule is c1ccc(N(c2ccccc2)c2ccccc2-c2ccc(-c3ccc4c(c3)C(c3ccc5c(c3)-c3ccccc3C5(c3ccccc3)c3ccccc3)c3c-4ccc4ccccc34)cc2)cc1. The monoisotopic (exact) mass is 851 g/mol. The Morgan fingerprint density at radius 3 is 1.57 bits per heavy atom. The predicted octanol–water partition coefficient (Wildman–Crippen LogP) is 17.2. The van der Waals surface area contributed by atoms with Crippen molar-refractivity contribution in [3.8, 4) is 44.5 Å². The van der Waals surface area contributed by atoms with Crippen molar-refractivity contribution >= 4 is 27.8 Å². The fourth-order valence-corrected chi connectivity index (χ4v) is 11.6. The molecular formula is C66H45N. The Morgan fingerprint density at radius 1 is 0.328 bits per heavy atom. The van der Waals surface area contributed by atoms with Crippen molar-refractivity contribution in [1.29, 1.82) is 0 Å². The summed E-state index contributed by atoms with van der Waals surface area (Å²) >= 11 is 0. The number of benzene rings is 11. The maximum Gasteiger partial charge on any atom is 0.0713 e. The maximum absolute atomic E-state index is 2.53. The van der Waals surface area contributed by atoms with Crippen LogP contribution in [-0.2, 0) is 5.41 Å². The van der Waals surface area contributed by atoms with E-state index in [0.29, 0.717) is 0 Å².